The van der Waals surface area contributed by atoms with E-state index in [1.54, 1.807) is 0 Å². The largest absolute Gasteiger partial charge is 0.466 e. The predicted octanol–water partition coefficient (Wildman–Crippen LogP) is 2.09. The van der Waals surface area contributed by atoms with Crippen molar-refractivity contribution in [3.8, 4) is 0 Å². The molecule has 0 aliphatic heterocycles. The fourth-order valence-corrected chi connectivity index (χ4v) is 2.97. The van der Waals surface area contributed by atoms with E-state index in [1.807, 2.05) is 6.92 Å². The monoisotopic (exact) mass is 213 g/mol. The van der Waals surface area contributed by atoms with E-state index in [4.69, 9.17) is 10.5 Å². The van der Waals surface area contributed by atoms with E-state index in [0.29, 0.717) is 24.9 Å². The van der Waals surface area contributed by atoms with Crippen LogP contribution in [-0.2, 0) is 9.53 Å². The van der Waals surface area contributed by atoms with Crippen LogP contribution in [0.25, 0.3) is 0 Å². The molecule has 0 aromatic rings. The molecule has 2 N–H and O–H groups in total. The molecule has 1 saturated carbocycles. The fraction of sp³-hybridized carbons (Fsp3) is 0.917. The lowest BCUT2D eigenvalue weighted by Crippen LogP contribution is -2.48. The third kappa shape index (κ3) is 3.82. The first-order valence-corrected chi connectivity index (χ1v) is 5.89. The second-order valence-electron chi connectivity index (χ2n) is 5.20. The summed E-state index contributed by atoms with van der Waals surface area (Å²) < 4.78 is 4.96. The number of esters is 1. The van der Waals surface area contributed by atoms with Crippen LogP contribution in [0.1, 0.15) is 46.5 Å². The number of rotatable bonds is 3. The Morgan fingerprint density at radius 1 is 1.40 bits per heavy atom. The molecule has 2 atom stereocenters. The quantitative estimate of drug-likeness (QED) is 0.730. The Hall–Kier alpha value is -0.570. The van der Waals surface area contributed by atoms with Crippen LogP contribution in [0.2, 0.25) is 0 Å². The molecule has 0 heterocycles. The zero-order valence-corrected chi connectivity index (χ0v) is 10.1. The van der Waals surface area contributed by atoms with Gasteiger partial charge in [-0.25, -0.2) is 0 Å². The Labute approximate surface area is 92.4 Å². The van der Waals surface area contributed by atoms with Crippen LogP contribution in [0.15, 0.2) is 0 Å². The van der Waals surface area contributed by atoms with Crippen LogP contribution in [-0.4, -0.2) is 18.1 Å². The highest BCUT2D eigenvalue weighted by atomic mass is 16.5. The summed E-state index contributed by atoms with van der Waals surface area (Å²) >= 11 is 0. The van der Waals surface area contributed by atoms with Crippen molar-refractivity contribution in [2.75, 3.05) is 6.61 Å². The van der Waals surface area contributed by atoms with E-state index in [1.165, 1.54) is 6.42 Å². The van der Waals surface area contributed by atoms with E-state index in [2.05, 4.69) is 13.8 Å². The summed E-state index contributed by atoms with van der Waals surface area (Å²) in [4.78, 5) is 11.4. The van der Waals surface area contributed by atoms with Gasteiger partial charge in [-0.1, -0.05) is 13.8 Å². The van der Waals surface area contributed by atoms with E-state index in [9.17, 15) is 4.79 Å². The van der Waals surface area contributed by atoms with Gasteiger partial charge in [0.1, 0.15) is 0 Å². The van der Waals surface area contributed by atoms with Gasteiger partial charge >= 0.3 is 5.97 Å². The average molecular weight is 213 g/mol. The molecule has 0 amide bonds. The van der Waals surface area contributed by atoms with Crippen LogP contribution in [0.5, 0.6) is 0 Å². The lowest BCUT2D eigenvalue weighted by Gasteiger charge is -2.39. The number of hydrogen-bond acceptors (Lipinski definition) is 3. The average Bonchev–Trinajstić information content (AvgIpc) is 1.99. The molecule has 0 aromatic carbocycles. The second kappa shape index (κ2) is 4.97. The van der Waals surface area contributed by atoms with E-state index in [0.717, 1.165) is 12.8 Å². The topological polar surface area (TPSA) is 52.3 Å². The van der Waals surface area contributed by atoms with Crippen molar-refractivity contribution in [1.82, 2.24) is 0 Å². The van der Waals surface area contributed by atoms with Crippen LogP contribution in [0, 0.1) is 11.8 Å². The van der Waals surface area contributed by atoms with Crippen molar-refractivity contribution in [1.29, 1.82) is 0 Å². The molecular weight excluding hydrogens is 190 g/mol. The Balaban J connectivity index is 2.53. The van der Waals surface area contributed by atoms with Crippen molar-refractivity contribution in [2.45, 2.75) is 52.0 Å². The van der Waals surface area contributed by atoms with Gasteiger partial charge in [-0.2, -0.15) is 0 Å². The summed E-state index contributed by atoms with van der Waals surface area (Å²) in [7, 11) is 0. The third-order valence-electron chi connectivity index (χ3n) is 3.12. The molecule has 0 radical (unpaired) electrons. The van der Waals surface area contributed by atoms with Gasteiger partial charge in [0.25, 0.3) is 0 Å². The Morgan fingerprint density at radius 3 is 2.40 bits per heavy atom. The van der Waals surface area contributed by atoms with Crippen molar-refractivity contribution in [2.24, 2.45) is 17.6 Å². The van der Waals surface area contributed by atoms with Gasteiger partial charge in [-0.15, -0.1) is 0 Å². The number of hydrogen-bond donors (Lipinski definition) is 1. The molecule has 2 unspecified atom stereocenters. The van der Waals surface area contributed by atoms with Crippen LogP contribution in [0.4, 0.5) is 0 Å². The Morgan fingerprint density at radius 2 is 1.93 bits per heavy atom. The highest BCUT2D eigenvalue weighted by Crippen LogP contribution is 2.36. The molecular formula is C12H23NO2. The summed E-state index contributed by atoms with van der Waals surface area (Å²) in [5.41, 5.74) is 5.94. The number of carbonyl (C=O) groups is 1. The first-order chi connectivity index (χ1) is 6.95. The van der Waals surface area contributed by atoms with Crippen LogP contribution >= 0.6 is 0 Å². The lowest BCUT2D eigenvalue weighted by atomic mass is 9.71. The lowest BCUT2D eigenvalue weighted by molar-refractivity contribution is -0.145. The van der Waals surface area contributed by atoms with Crippen molar-refractivity contribution < 1.29 is 9.53 Å². The van der Waals surface area contributed by atoms with Crippen LogP contribution < -0.4 is 5.73 Å². The normalized spacial score (nSPS) is 36.3. The molecule has 3 heteroatoms. The molecule has 15 heavy (non-hydrogen) atoms. The van der Waals surface area contributed by atoms with E-state index < -0.39 is 0 Å². The molecule has 3 nitrogen and oxygen atoms in total. The maximum atomic E-state index is 11.4. The summed E-state index contributed by atoms with van der Waals surface area (Å²) in [5.74, 6) is 1.09. The zero-order valence-electron chi connectivity index (χ0n) is 10.1. The van der Waals surface area contributed by atoms with Crippen molar-refractivity contribution in [3.05, 3.63) is 0 Å². The zero-order chi connectivity index (χ0) is 11.5. The number of ether oxygens (including phenoxy) is 1. The molecule has 1 aliphatic carbocycles. The SMILES string of the molecule is CCOC(=O)CC1(N)CC(C)CC(C)C1. The highest BCUT2D eigenvalue weighted by Gasteiger charge is 2.36. The van der Waals surface area contributed by atoms with Gasteiger partial charge in [0.2, 0.25) is 0 Å². The van der Waals surface area contributed by atoms with Crippen molar-refractivity contribution in [3.63, 3.8) is 0 Å². The molecule has 0 saturated heterocycles. The summed E-state index contributed by atoms with van der Waals surface area (Å²) in [5, 5.41) is 0. The van der Waals surface area contributed by atoms with Gasteiger partial charge in [0, 0.05) is 5.54 Å². The molecule has 0 spiro atoms. The van der Waals surface area contributed by atoms with Gasteiger partial charge in [-0.3, -0.25) is 4.79 Å². The van der Waals surface area contributed by atoms with E-state index >= 15 is 0 Å². The highest BCUT2D eigenvalue weighted by molar-refractivity contribution is 5.70. The van der Waals surface area contributed by atoms with Gasteiger partial charge in [0.15, 0.2) is 0 Å². The Kier molecular flexibility index (Phi) is 4.14. The summed E-state index contributed by atoms with van der Waals surface area (Å²) in [6, 6.07) is 0. The minimum atomic E-state index is -0.330. The molecule has 0 aromatic heterocycles. The molecule has 88 valence electrons. The Bertz CT molecular complexity index is 218. The number of nitrogens with two attached hydrogens (primary N) is 1. The molecule has 1 rings (SSSR count). The smallest absolute Gasteiger partial charge is 0.307 e. The van der Waals surface area contributed by atoms with Crippen molar-refractivity contribution >= 4 is 5.97 Å². The maximum absolute atomic E-state index is 11.4. The second-order valence-corrected chi connectivity index (χ2v) is 5.20. The minimum absolute atomic E-state index is 0.152. The first kappa shape index (κ1) is 12.5. The summed E-state index contributed by atoms with van der Waals surface area (Å²) in [6.45, 7) is 6.69. The third-order valence-corrected chi connectivity index (χ3v) is 3.12. The predicted molar refractivity (Wildman–Crippen MR) is 60.3 cm³/mol. The molecule has 0 bridgehead atoms. The molecule has 1 fully saturated rings. The van der Waals surface area contributed by atoms with Gasteiger partial charge in [0.05, 0.1) is 13.0 Å². The maximum Gasteiger partial charge on any atom is 0.307 e. The minimum Gasteiger partial charge on any atom is -0.466 e. The summed E-state index contributed by atoms with van der Waals surface area (Å²) in [6.07, 6.45) is 3.48. The van der Waals surface area contributed by atoms with Gasteiger partial charge < -0.3 is 10.5 Å². The first-order valence-electron chi connectivity index (χ1n) is 5.89. The number of carbonyl (C=O) groups excluding carboxylic acids is 1. The molecule has 1 aliphatic rings. The van der Waals surface area contributed by atoms with Gasteiger partial charge in [-0.05, 0) is 38.0 Å². The van der Waals surface area contributed by atoms with Crippen LogP contribution in [0.3, 0.4) is 0 Å². The fourth-order valence-electron chi connectivity index (χ4n) is 2.97. The van der Waals surface area contributed by atoms with E-state index in [-0.39, 0.29) is 11.5 Å². The standard InChI is InChI=1S/C12H23NO2/c1-4-15-11(14)8-12(13)6-9(2)5-10(3)7-12/h9-10H,4-8,13H2,1-3H3.